The Morgan fingerprint density at radius 1 is 1.13 bits per heavy atom. The molecule has 0 aliphatic rings. The smallest absolute Gasteiger partial charge is 0.129 e. The molecule has 0 aliphatic heterocycles. The van der Waals surface area contributed by atoms with Gasteiger partial charge in [0.2, 0.25) is 0 Å². The molecule has 76 valence electrons. The van der Waals surface area contributed by atoms with Crippen LogP contribution < -0.4 is 5.32 Å². The second-order valence-electron chi connectivity index (χ2n) is 3.37. The van der Waals surface area contributed by atoms with Crippen LogP contribution in [0, 0.1) is 0 Å². The summed E-state index contributed by atoms with van der Waals surface area (Å²) >= 11 is 0. The van der Waals surface area contributed by atoms with Gasteiger partial charge in [0.15, 0.2) is 0 Å². The quantitative estimate of drug-likeness (QED) is 0.825. The Morgan fingerprint density at radius 3 is 2.60 bits per heavy atom. The van der Waals surface area contributed by atoms with Gasteiger partial charge in [0.25, 0.3) is 0 Å². The third-order valence-corrected chi connectivity index (χ3v) is 2.25. The first-order valence-corrected chi connectivity index (χ1v) is 4.94. The van der Waals surface area contributed by atoms with E-state index < -0.39 is 0 Å². The zero-order valence-electron chi connectivity index (χ0n) is 8.59. The predicted octanol–water partition coefficient (Wildman–Crippen LogP) is 2.65. The van der Waals surface area contributed by atoms with E-state index in [0.29, 0.717) is 0 Å². The van der Waals surface area contributed by atoms with E-state index in [-0.39, 0.29) is 6.04 Å². The van der Waals surface area contributed by atoms with Crippen LogP contribution in [0.3, 0.4) is 0 Å². The molecule has 2 rings (SSSR count). The van der Waals surface area contributed by atoms with E-state index in [0.717, 1.165) is 5.82 Å². The molecule has 3 nitrogen and oxygen atoms in total. The van der Waals surface area contributed by atoms with Gasteiger partial charge in [-0.2, -0.15) is 0 Å². The van der Waals surface area contributed by atoms with Gasteiger partial charge >= 0.3 is 0 Å². The van der Waals surface area contributed by atoms with Crippen LogP contribution in [-0.4, -0.2) is 9.97 Å². The SMILES string of the molecule is CC(Nc1ccncn1)c1ccccc1. The van der Waals surface area contributed by atoms with E-state index in [1.807, 2.05) is 24.3 Å². The van der Waals surface area contributed by atoms with E-state index in [2.05, 4.69) is 34.3 Å². The Balaban J connectivity index is 2.08. The monoisotopic (exact) mass is 199 g/mol. The molecule has 3 heteroatoms. The molecular weight excluding hydrogens is 186 g/mol. The van der Waals surface area contributed by atoms with Gasteiger partial charge in [-0.3, -0.25) is 0 Å². The van der Waals surface area contributed by atoms with Crippen molar-refractivity contribution in [3.63, 3.8) is 0 Å². The summed E-state index contributed by atoms with van der Waals surface area (Å²) in [6.45, 7) is 2.11. The number of benzene rings is 1. The van der Waals surface area contributed by atoms with E-state index in [9.17, 15) is 0 Å². The highest BCUT2D eigenvalue weighted by Gasteiger charge is 2.03. The Labute approximate surface area is 89.2 Å². The van der Waals surface area contributed by atoms with Crippen LogP contribution in [0.2, 0.25) is 0 Å². The Kier molecular flexibility index (Phi) is 2.93. The van der Waals surface area contributed by atoms with Crippen LogP contribution in [-0.2, 0) is 0 Å². The lowest BCUT2D eigenvalue weighted by Crippen LogP contribution is -2.07. The van der Waals surface area contributed by atoms with Gasteiger partial charge in [-0.25, -0.2) is 9.97 Å². The Morgan fingerprint density at radius 2 is 1.93 bits per heavy atom. The average molecular weight is 199 g/mol. The lowest BCUT2D eigenvalue weighted by molar-refractivity contribution is 0.872. The fourth-order valence-corrected chi connectivity index (χ4v) is 1.42. The van der Waals surface area contributed by atoms with Gasteiger partial charge in [-0.1, -0.05) is 30.3 Å². The van der Waals surface area contributed by atoms with Crippen LogP contribution in [0.4, 0.5) is 5.82 Å². The van der Waals surface area contributed by atoms with Crippen LogP contribution in [0.5, 0.6) is 0 Å². The minimum Gasteiger partial charge on any atom is -0.363 e. The largest absolute Gasteiger partial charge is 0.363 e. The maximum absolute atomic E-state index is 4.12. The van der Waals surface area contributed by atoms with Crippen LogP contribution >= 0.6 is 0 Å². The van der Waals surface area contributed by atoms with Crippen molar-refractivity contribution >= 4 is 5.82 Å². The lowest BCUT2D eigenvalue weighted by atomic mass is 10.1. The van der Waals surface area contributed by atoms with E-state index >= 15 is 0 Å². The molecule has 1 atom stereocenters. The van der Waals surface area contributed by atoms with Gasteiger partial charge in [0.1, 0.15) is 12.1 Å². The van der Waals surface area contributed by atoms with Gasteiger partial charge in [-0.05, 0) is 18.6 Å². The summed E-state index contributed by atoms with van der Waals surface area (Å²) < 4.78 is 0. The van der Waals surface area contributed by atoms with Crippen LogP contribution in [0.15, 0.2) is 48.9 Å². The highest BCUT2D eigenvalue weighted by molar-refractivity contribution is 5.36. The van der Waals surface area contributed by atoms with Crippen molar-refractivity contribution in [3.8, 4) is 0 Å². The van der Waals surface area contributed by atoms with Crippen molar-refractivity contribution in [1.82, 2.24) is 9.97 Å². The zero-order chi connectivity index (χ0) is 10.5. The fourth-order valence-electron chi connectivity index (χ4n) is 1.42. The molecule has 0 radical (unpaired) electrons. The maximum atomic E-state index is 4.12. The van der Waals surface area contributed by atoms with Crippen molar-refractivity contribution < 1.29 is 0 Å². The number of hydrogen-bond donors (Lipinski definition) is 1. The van der Waals surface area contributed by atoms with Crippen molar-refractivity contribution in [2.24, 2.45) is 0 Å². The molecule has 1 aromatic carbocycles. The summed E-state index contributed by atoms with van der Waals surface area (Å²) in [7, 11) is 0. The normalized spacial score (nSPS) is 12.1. The topological polar surface area (TPSA) is 37.8 Å². The fraction of sp³-hybridized carbons (Fsp3) is 0.167. The van der Waals surface area contributed by atoms with Crippen LogP contribution in [0.25, 0.3) is 0 Å². The number of nitrogens with zero attached hydrogens (tertiary/aromatic N) is 2. The number of nitrogens with one attached hydrogen (secondary N) is 1. The summed E-state index contributed by atoms with van der Waals surface area (Å²) in [4.78, 5) is 8.00. The highest BCUT2D eigenvalue weighted by Crippen LogP contribution is 2.16. The van der Waals surface area contributed by atoms with E-state index in [4.69, 9.17) is 0 Å². The lowest BCUT2D eigenvalue weighted by Gasteiger charge is -2.14. The summed E-state index contributed by atoms with van der Waals surface area (Å²) in [5.41, 5.74) is 1.25. The average Bonchev–Trinajstić information content (AvgIpc) is 2.31. The standard InChI is InChI=1S/C12H13N3/c1-10(11-5-3-2-4-6-11)15-12-7-8-13-9-14-12/h2-10H,1H3,(H,13,14,15). The minimum absolute atomic E-state index is 0.251. The summed E-state index contributed by atoms with van der Waals surface area (Å²) in [5, 5.41) is 3.31. The molecule has 0 aliphatic carbocycles. The molecule has 0 amide bonds. The van der Waals surface area contributed by atoms with Crippen molar-refractivity contribution in [2.45, 2.75) is 13.0 Å². The molecule has 0 saturated carbocycles. The zero-order valence-corrected chi connectivity index (χ0v) is 8.59. The first kappa shape index (κ1) is 9.65. The van der Waals surface area contributed by atoms with E-state index in [1.165, 1.54) is 5.56 Å². The highest BCUT2D eigenvalue weighted by atomic mass is 15.0. The molecule has 0 fully saturated rings. The maximum Gasteiger partial charge on any atom is 0.129 e. The summed E-state index contributed by atoms with van der Waals surface area (Å²) in [6, 6.07) is 12.4. The molecule has 0 bridgehead atoms. The summed E-state index contributed by atoms with van der Waals surface area (Å²) in [5.74, 6) is 0.848. The molecule has 0 saturated heterocycles. The molecule has 2 aromatic rings. The number of aromatic nitrogens is 2. The van der Waals surface area contributed by atoms with Crippen molar-refractivity contribution in [2.75, 3.05) is 5.32 Å². The first-order chi connectivity index (χ1) is 7.36. The van der Waals surface area contributed by atoms with Crippen LogP contribution in [0.1, 0.15) is 18.5 Å². The third kappa shape index (κ3) is 2.53. The second kappa shape index (κ2) is 4.55. The molecule has 1 aromatic heterocycles. The van der Waals surface area contributed by atoms with Gasteiger partial charge in [0.05, 0.1) is 0 Å². The predicted molar refractivity (Wildman–Crippen MR) is 60.5 cm³/mol. The molecule has 15 heavy (non-hydrogen) atoms. The molecule has 0 spiro atoms. The molecule has 1 N–H and O–H groups in total. The molecule has 1 unspecified atom stereocenters. The minimum atomic E-state index is 0.251. The molecule has 1 heterocycles. The Bertz CT molecular complexity index is 400. The third-order valence-electron chi connectivity index (χ3n) is 2.25. The number of anilines is 1. The first-order valence-electron chi connectivity index (χ1n) is 4.94. The Hall–Kier alpha value is -1.90. The number of rotatable bonds is 3. The van der Waals surface area contributed by atoms with Crippen molar-refractivity contribution in [3.05, 3.63) is 54.5 Å². The molecular formula is C12H13N3. The second-order valence-corrected chi connectivity index (χ2v) is 3.37. The number of hydrogen-bond acceptors (Lipinski definition) is 3. The summed E-state index contributed by atoms with van der Waals surface area (Å²) in [6.07, 6.45) is 3.27. The van der Waals surface area contributed by atoms with Crippen molar-refractivity contribution in [1.29, 1.82) is 0 Å². The van der Waals surface area contributed by atoms with Gasteiger partial charge in [0, 0.05) is 12.2 Å². The van der Waals surface area contributed by atoms with Gasteiger partial charge in [-0.15, -0.1) is 0 Å². The van der Waals surface area contributed by atoms with E-state index in [1.54, 1.807) is 12.5 Å². The van der Waals surface area contributed by atoms with Gasteiger partial charge < -0.3 is 5.32 Å².